The molecule has 1 aromatic carbocycles. The lowest BCUT2D eigenvalue weighted by atomic mass is 10.2. The van der Waals surface area contributed by atoms with Crippen molar-refractivity contribution in [2.75, 3.05) is 5.75 Å². The number of fused-ring (bicyclic) bond motifs is 1. The van der Waals surface area contributed by atoms with Crippen molar-refractivity contribution in [3.05, 3.63) is 34.6 Å². The van der Waals surface area contributed by atoms with Crippen LogP contribution in [0.15, 0.2) is 34.2 Å². The van der Waals surface area contributed by atoms with Gasteiger partial charge in [0.05, 0.1) is 16.7 Å². The predicted octanol–water partition coefficient (Wildman–Crippen LogP) is 0.604. The van der Waals surface area contributed by atoms with Crippen LogP contribution in [0.1, 0.15) is 6.92 Å². The maximum Gasteiger partial charge on any atom is 0.325 e. The molecule has 21 heavy (non-hydrogen) atoms. The van der Waals surface area contributed by atoms with E-state index in [0.717, 1.165) is 11.8 Å². The molecule has 1 atom stereocenters. The van der Waals surface area contributed by atoms with E-state index in [1.165, 1.54) is 6.92 Å². The van der Waals surface area contributed by atoms with Crippen LogP contribution in [0.25, 0.3) is 10.9 Å². The van der Waals surface area contributed by atoms with Crippen LogP contribution in [0.4, 0.5) is 0 Å². The summed E-state index contributed by atoms with van der Waals surface area (Å²) in [5, 5.41) is 11.8. The maximum absolute atomic E-state index is 11.8. The highest BCUT2D eigenvalue weighted by Gasteiger charge is 2.14. The Labute approximate surface area is 123 Å². The largest absolute Gasteiger partial charge is 0.480 e. The van der Waals surface area contributed by atoms with Crippen molar-refractivity contribution in [1.29, 1.82) is 0 Å². The molecule has 110 valence electrons. The van der Waals surface area contributed by atoms with E-state index >= 15 is 0 Å². The van der Waals surface area contributed by atoms with E-state index in [0.29, 0.717) is 16.1 Å². The Balaban J connectivity index is 2.05. The summed E-state index contributed by atoms with van der Waals surface area (Å²) in [6, 6.07) is 5.93. The molecule has 1 amide bonds. The highest BCUT2D eigenvalue weighted by atomic mass is 32.2. The number of carbonyl (C=O) groups excluding carboxylic acids is 1. The minimum Gasteiger partial charge on any atom is -0.480 e. The quantitative estimate of drug-likeness (QED) is 0.551. The Morgan fingerprint density at radius 2 is 2.14 bits per heavy atom. The van der Waals surface area contributed by atoms with Crippen LogP contribution in [0.5, 0.6) is 0 Å². The summed E-state index contributed by atoms with van der Waals surface area (Å²) >= 11 is 1.04. The molecular weight excluding hydrogens is 294 g/mol. The molecule has 1 aromatic heterocycles. The first kappa shape index (κ1) is 15.0. The number of benzene rings is 1. The normalized spacial score (nSPS) is 12.0. The van der Waals surface area contributed by atoms with Crippen LogP contribution in [-0.4, -0.2) is 38.7 Å². The highest BCUT2D eigenvalue weighted by Crippen LogP contribution is 2.14. The van der Waals surface area contributed by atoms with Crippen LogP contribution in [0.3, 0.4) is 0 Å². The lowest BCUT2D eigenvalue weighted by Crippen LogP contribution is -2.39. The number of carboxylic acid groups (broad SMARTS) is 1. The molecule has 1 heterocycles. The van der Waals surface area contributed by atoms with Crippen molar-refractivity contribution in [2.45, 2.75) is 18.1 Å². The number of nitrogens with zero attached hydrogens (tertiary/aromatic N) is 1. The van der Waals surface area contributed by atoms with Gasteiger partial charge in [-0.25, -0.2) is 4.98 Å². The van der Waals surface area contributed by atoms with Crippen LogP contribution >= 0.6 is 11.8 Å². The number of rotatable bonds is 5. The minimum atomic E-state index is -1.11. The Morgan fingerprint density at radius 3 is 2.86 bits per heavy atom. The Hall–Kier alpha value is -2.35. The van der Waals surface area contributed by atoms with Gasteiger partial charge in [0.25, 0.3) is 5.56 Å². The fourth-order valence-electron chi connectivity index (χ4n) is 1.61. The van der Waals surface area contributed by atoms with Gasteiger partial charge in [-0.1, -0.05) is 23.9 Å². The van der Waals surface area contributed by atoms with Gasteiger partial charge in [-0.3, -0.25) is 14.4 Å². The third-order valence-corrected chi connectivity index (χ3v) is 3.55. The molecule has 0 aliphatic heterocycles. The molecule has 0 aliphatic carbocycles. The van der Waals surface area contributed by atoms with Crippen molar-refractivity contribution in [3.63, 3.8) is 0 Å². The first-order chi connectivity index (χ1) is 9.97. The van der Waals surface area contributed by atoms with Gasteiger partial charge >= 0.3 is 5.97 Å². The maximum atomic E-state index is 11.8. The third kappa shape index (κ3) is 3.82. The van der Waals surface area contributed by atoms with Crippen molar-refractivity contribution < 1.29 is 14.7 Å². The lowest BCUT2D eigenvalue weighted by Gasteiger charge is -2.08. The molecule has 0 radical (unpaired) electrons. The molecule has 1 unspecified atom stereocenters. The molecule has 8 heteroatoms. The van der Waals surface area contributed by atoms with E-state index in [2.05, 4.69) is 15.3 Å². The molecule has 2 rings (SSSR count). The van der Waals surface area contributed by atoms with Crippen molar-refractivity contribution in [3.8, 4) is 0 Å². The van der Waals surface area contributed by atoms with Gasteiger partial charge in [0, 0.05) is 0 Å². The monoisotopic (exact) mass is 307 g/mol. The van der Waals surface area contributed by atoms with Crippen molar-refractivity contribution in [1.82, 2.24) is 15.3 Å². The number of aliphatic carboxylic acids is 1. The molecule has 7 nitrogen and oxygen atoms in total. The number of hydrogen-bond acceptors (Lipinski definition) is 5. The van der Waals surface area contributed by atoms with Gasteiger partial charge in [0.15, 0.2) is 5.16 Å². The van der Waals surface area contributed by atoms with Crippen molar-refractivity contribution >= 4 is 34.5 Å². The number of carbonyl (C=O) groups is 2. The molecule has 2 aromatic rings. The number of carboxylic acids is 1. The number of hydrogen-bond donors (Lipinski definition) is 3. The Bertz CT molecular complexity index is 744. The summed E-state index contributed by atoms with van der Waals surface area (Å²) in [7, 11) is 0. The topological polar surface area (TPSA) is 112 Å². The standard InChI is InChI=1S/C13H13N3O4S/c1-7(12(19)20)14-10(17)6-21-13-15-9-5-3-2-4-8(9)11(18)16-13/h2-5,7H,6H2,1H3,(H,14,17)(H,19,20)(H,15,16,18). The molecule has 0 spiro atoms. The van der Waals surface area contributed by atoms with E-state index < -0.39 is 17.9 Å². The van der Waals surface area contributed by atoms with Gasteiger partial charge in [-0.15, -0.1) is 0 Å². The lowest BCUT2D eigenvalue weighted by molar-refractivity contribution is -0.140. The fourth-order valence-corrected chi connectivity index (χ4v) is 2.29. The van der Waals surface area contributed by atoms with E-state index in [-0.39, 0.29) is 11.3 Å². The van der Waals surface area contributed by atoms with Gasteiger partial charge in [-0.05, 0) is 19.1 Å². The molecule has 0 aliphatic rings. The molecular formula is C13H13N3O4S. The smallest absolute Gasteiger partial charge is 0.325 e. The summed E-state index contributed by atoms with van der Waals surface area (Å²) in [6.07, 6.45) is 0. The fraction of sp³-hybridized carbons (Fsp3) is 0.231. The average Bonchev–Trinajstić information content (AvgIpc) is 2.45. The van der Waals surface area contributed by atoms with Gasteiger partial charge in [-0.2, -0.15) is 0 Å². The second-order valence-corrected chi connectivity index (χ2v) is 5.27. The van der Waals surface area contributed by atoms with E-state index in [9.17, 15) is 14.4 Å². The summed E-state index contributed by atoms with van der Waals surface area (Å²) in [5.41, 5.74) is 0.269. The van der Waals surface area contributed by atoms with Crippen LogP contribution in [0.2, 0.25) is 0 Å². The summed E-state index contributed by atoms with van der Waals surface area (Å²) < 4.78 is 0. The number of aromatic nitrogens is 2. The van der Waals surface area contributed by atoms with Crippen LogP contribution in [0, 0.1) is 0 Å². The minimum absolute atomic E-state index is 0.0289. The number of para-hydroxylation sites is 1. The van der Waals surface area contributed by atoms with Crippen molar-refractivity contribution in [2.24, 2.45) is 0 Å². The van der Waals surface area contributed by atoms with E-state index in [1.807, 2.05) is 0 Å². The zero-order valence-electron chi connectivity index (χ0n) is 11.1. The molecule has 0 fully saturated rings. The second kappa shape index (κ2) is 6.40. The number of aromatic amines is 1. The molecule has 0 saturated heterocycles. The SMILES string of the molecule is CC(NC(=O)CSc1nc2ccccc2c(=O)[nH]1)C(=O)O. The zero-order valence-corrected chi connectivity index (χ0v) is 11.9. The predicted molar refractivity (Wildman–Crippen MR) is 78.3 cm³/mol. The second-order valence-electron chi connectivity index (χ2n) is 4.30. The van der Waals surface area contributed by atoms with E-state index in [1.54, 1.807) is 24.3 Å². The van der Waals surface area contributed by atoms with E-state index in [4.69, 9.17) is 5.11 Å². The molecule has 3 N–H and O–H groups in total. The first-order valence-electron chi connectivity index (χ1n) is 6.11. The Kier molecular flexibility index (Phi) is 4.59. The van der Waals surface area contributed by atoms with Crippen LogP contribution < -0.4 is 10.9 Å². The van der Waals surface area contributed by atoms with Gasteiger partial charge in [0.1, 0.15) is 6.04 Å². The first-order valence-corrected chi connectivity index (χ1v) is 7.10. The van der Waals surface area contributed by atoms with Gasteiger partial charge < -0.3 is 15.4 Å². The number of nitrogens with one attached hydrogen (secondary N) is 2. The van der Waals surface area contributed by atoms with Crippen LogP contribution in [-0.2, 0) is 9.59 Å². The highest BCUT2D eigenvalue weighted by molar-refractivity contribution is 7.99. The Morgan fingerprint density at radius 1 is 1.43 bits per heavy atom. The summed E-state index contributed by atoms with van der Waals surface area (Å²) in [4.78, 5) is 40.8. The average molecular weight is 307 g/mol. The number of thioether (sulfide) groups is 1. The molecule has 0 bridgehead atoms. The van der Waals surface area contributed by atoms with Gasteiger partial charge in [0.2, 0.25) is 5.91 Å². The molecule has 0 saturated carbocycles. The summed E-state index contributed by atoms with van der Waals surface area (Å²) in [5.74, 6) is -1.57. The number of H-pyrrole nitrogens is 1. The number of amides is 1. The zero-order chi connectivity index (χ0) is 15.4. The third-order valence-electron chi connectivity index (χ3n) is 2.68. The summed E-state index contributed by atoms with van der Waals surface area (Å²) in [6.45, 7) is 1.38.